The highest BCUT2D eigenvalue weighted by Crippen LogP contribution is 2.45. The molecule has 111 heavy (non-hydrogen) atoms. The van der Waals surface area contributed by atoms with E-state index in [0.717, 1.165) is 51.1 Å². The van der Waals surface area contributed by atoms with Gasteiger partial charge in [0.2, 0.25) is 0 Å². The Hall–Kier alpha value is -11.4. The lowest BCUT2D eigenvalue weighted by molar-refractivity contribution is -0.137. The van der Waals surface area contributed by atoms with Crippen molar-refractivity contribution < 1.29 is 97.4 Å². The Morgan fingerprint density at radius 2 is 0.919 bits per heavy atom. The van der Waals surface area contributed by atoms with Crippen molar-refractivity contribution in [3.05, 3.63) is 152 Å². The lowest BCUT2D eigenvalue weighted by atomic mass is 9.83. The monoisotopic (exact) mass is 1590 g/mol. The first-order valence-corrected chi connectivity index (χ1v) is 40.0. The summed E-state index contributed by atoms with van der Waals surface area (Å²) in [4.78, 5) is 118. The van der Waals surface area contributed by atoms with Crippen molar-refractivity contribution in [2.75, 3.05) is 40.2 Å². The third-order valence-corrected chi connectivity index (χ3v) is 22.4. The lowest BCUT2D eigenvalue weighted by Gasteiger charge is -2.34. The fourth-order valence-electron chi connectivity index (χ4n) is 14.4. The zero-order valence-electron chi connectivity index (χ0n) is 61.5. The van der Waals surface area contributed by atoms with Crippen molar-refractivity contribution in [1.82, 2.24) is 37.2 Å². The molecule has 0 aliphatic carbocycles. The number of fused-ring (bicyclic) bond motifs is 6. The molecule has 0 atom stereocenters. The van der Waals surface area contributed by atoms with Gasteiger partial charge in [-0.25, -0.2) is 24.0 Å². The molecule has 0 fully saturated rings. The number of carboxylic acids is 3. The van der Waals surface area contributed by atoms with Crippen LogP contribution in [0, 0.1) is 0 Å². The summed E-state index contributed by atoms with van der Waals surface area (Å²) in [5, 5.41) is 62.3. The van der Waals surface area contributed by atoms with Gasteiger partial charge in [0.25, 0.3) is 36.3 Å². The number of nitrogens with one attached hydrogen (secondary N) is 12. The SMILES string of the molecule is CCc1cc(CC)c2cc1CCCNC(=O)Nc1cc(C(=O)NC(CCC(=O)O)(CCC(=O)O)CCC(=O)O)ccc1NC(=O)NCc1c(CC)c(CNC(=O)NC)c(CC)c(c1CC)CNC(=O)Nc1ccc(CNc3cc(S(=O)(=O)O)c4ccc5c(S(=O)(=O)O)cc(S(=O)(=O)O)c6ccc3c4c65)cc1NC(=O)NC2. The van der Waals surface area contributed by atoms with Gasteiger partial charge in [-0.3, -0.25) is 32.8 Å². The highest BCUT2D eigenvalue weighted by Gasteiger charge is 2.35. The minimum absolute atomic E-state index is 0.000229. The highest BCUT2D eigenvalue weighted by molar-refractivity contribution is 7.87. The Balaban J connectivity index is 1.11. The maximum absolute atomic E-state index is 14.6. The molecule has 0 spiro atoms. The second-order valence-electron chi connectivity index (χ2n) is 26.6. The molecule has 1 aliphatic heterocycles. The minimum atomic E-state index is -5.21. The van der Waals surface area contributed by atoms with Gasteiger partial charge in [-0.2, -0.15) is 25.3 Å². The molecular weight excluding hydrogens is 1500 g/mol. The Morgan fingerprint density at radius 1 is 0.468 bits per heavy atom. The van der Waals surface area contributed by atoms with E-state index in [9.17, 15) is 97.4 Å². The summed E-state index contributed by atoms with van der Waals surface area (Å²) in [5.74, 6) is -4.73. The molecule has 8 aromatic rings. The third kappa shape index (κ3) is 20.1. The normalized spacial score (nSPS) is 13.8. The van der Waals surface area contributed by atoms with Gasteiger partial charge in [-0.05, 0) is 168 Å². The van der Waals surface area contributed by atoms with Crippen LogP contribution in [0.15, 0.2) is 99.6 Å². The molecule has 33 nitrogen and oxygen atoms in total. The summed E-state index contributed by atoms with van der Waals surface area (Å²) in [7, 11) is -14.1. The number of carbonyl (C=O) groups excluding carboxylic acids is 6. The number of carboxylic acid groups (broad SMARTS) is 3. The molecule has 8 aromatic carbocycles. The second kappa shape index (κ2) is 35.5. The molecule has 0 aromatic heterocycles. The Bertz CT molecular complexity index is 5290. The van der Waals surface area contributed by atoms with Crippen LogP contribution in [-0.4, -0.2) is 127 Å². The smallest absolute Gasteiger partial charge is 0.319 e. The fraction of sp³-hybridized carbons (Fsp3) is 0.347. The zero-order valence-corrected chi connectivity index (χ0v) is 64.0. The van der Waals surface area contributed by atoms with Gasteiger partial charge in [-0.15, -0.1) is 0 Å². The molecule has 0 saturated carbocycles. The van der Waals surface area contributed by atoms with Gasteiger partial charge in [-0.1, -0.05) is 77.1 Å². The first kappa shape index (κ1) is 83.6. The summed E-state index contributed by atoms with van der Waals surface area (Å²) >= 11 is 0. The van der Waals surface area contributed by atoms with E-state index < -0.39 is 124 Å². The van der Waals surface area contributed by atoms with Crippen LogP contribution in [0.4, 0.5) is 52.4 Å². The van der Waals surface area contributed by atoms with Crippen LogP contribution in [0.1, 0.15) is 151 Å². The van der Waals surface area contributed by atoms with E-state index in [-0.39, 0.29) is 125 Å². The topological polar surface area (TPSA) is 522 Å². The van der Waals surface area contributed by atoms with Crippen LogP contribution in [0.5, 0.6) is 0 Å². The average Bonchev–Trinajstić information content (AvgIpc) is 0.703. The lowest BCUT2D eigenvalue weighted by Crippen LogP contribution is -2.49. The molecule has 0 unspecified atom stereocenters. The van der Waals surface area contributed by atoms with Gasteiger partial charge < -0.3 is 79.1 Å². The number of amides is 11. The number of urea groups is 5. The fourth-order valence-corrected chi connectivity index (χ4v) is 16.6. The van der Waals surface area contributed by atoms with Crippen LogP contribution < -0.4 is 63.8 Å². The molecule has 1 heterocycles. The number of hydrogen-bond acceptors (Lipinski definition) is 16. The largest absolute Gasteiger partial charge is 0.481 e. The number of carbonyl (C=O) groups is 9. The maximum Gasteiger partial charge on any atom is 0.319 e. The van der Waals surface area contributed by atoms with Crippen molar-refractivity contribution >= 4 is 145 Å². The number of aryl methyl sites for hydroxylation is 3. The van der Waals surface area contributed by atoms with E-state index in [1.807, 2.05) is 46.8 Å². The molecule has 592 valence electrons. The molecule has 11 amide bonds. The number of benzene rings is 8. The Morgan fingerprint density at radius 3 is 1.41 bits per heavy atom. The average molecular weight is 1590 g/mol. The van der Waals surface area contributed by atoms with Crippen LogP contribution in [0.2, 0.25) is 0 Å². The van der Waals surface area contributed by atoms with Crippen molar-refractivity contribution in [3.8, 4) is 0 Å². The van der Waals surface area contributed by atoms with Crippen molar-refractivity contribution in [3.63, 3.8) is 0 Å². The van der Waals surface area contributed by atoms with Crippen LogP contribution in [0.25, 0.3) is 32.3 Å². The van der Waals surface area contributed by atoms with Crippen molar-refractivity contribution in [2.24, 2.45) is 0 Å². The predicted molar refractivity (Wildman–Crippen MR) is 415 cm³/mol. The molecule has 0 radical (unpaired) electrons. The van der Waals surface area contributed by atoms with E-state index in [2.05, 4.69) is 63.8 Å². The second-order valence-corrected chi connectivity index (χ2v) is 30.7. The molecule has 18 N–H and O–H groups in total. The summed E-state index contributed by atoms with van der Waals surface area (Å²) in [5.41, 5.74) is 6.36. The van der Waals surface area contributed by atoms with E-state index in [0.29, 0.717) is 73.3 Å². The third-order valence-electron chi connectivity index (χ3n) is 19.7. The molecule has 4 bridgehead atoms. The number of hydrogen-bond donors (Lipinski definition) is 18. The maximum atomic E-state index is 14.6. The molecular formula is C75H88N12O21S3. The Labute approximate surface area is 639 Å². The van der Waals surface area contributed by atoms with E-state index in [4.69, 9.17) is 0 Å². The van der Waals surface area contributed by atoms with Crippen molar-refractivity contribution in [1.29, 1.82) is 0 Å². The minimum Gasteiger partial charge on any atom is -0.481 e. The number of rotatable bonds is 24. The zero-order chi connectivity index (χ0) is 81.0. The first-order chi connectivity index (χ1) is 52.5. The van der Waals surface area contributed by atoms with Gasteiger partial charge >= 0.3 is 48.1 Å². The van der Waals surface area contributed by atoms with Crippen LogP contribution >= 0.6 is 0 Å². The highest BCUT2D eigenvalue weighted by atomic mass is 32.2. The summed E-state index contributed by atoms with van der Waals surface area (Å²) in [6.45, 7) is 9.17. The van der Waals surface area contributed by atoms with Crippen LogP contribution in [0.3, 0.4) is 0 Å². The van der Waals surface area contributed by atoms with Gasteiger partial charge in [0.15, 0.2) is 0 Å². The first-order valence-electron chi connectivity index (χ1n) is 35.7. The molecule has 1 aliphatic rings. The standard InChI is InChI=1S/C75H88N12O21S3/c1-7-41-30-42(8-2)45-31-43(41)13-12-28-77-71(96)86-60-32-44(69(94)87-75(25-22-64(88)89,26-23-65(90)91)27-24-66(92)93)15-21-57(60)84-74(99)82-39-55-47(10-4)53(37-80-70(95)76-6)46(9-3)54(48(55)11-5)38-81-73(98)83-56-20-14-40(29-59(56)85-72(97)79-36-45)35-78-58-33-61(109(100,101)102)50-18-19-52-63(111(106,107)108)34-62(110(103,104)105)51-17-16-49(58)67(50)68(51)52/h14-21,29-34,78H,7-13,22-28,35-39H2,1-6H3,(H,87,94)(H,88,89)(H,90,91)(H,92,93)(H2,76,80,95)(H2,77,86,96)(H2,79,85,97)(H2,81,83,98)(H2,82,84,99)(H,100,101,102)(H,103,104,105)(H,106,107,108). The van der Waals surface area contributed by atoms with Gasteiger partial charge in [0.1, 0.15) is 14.7 Å². The van der Waals surface area contributed by atoms with E-state index in [1.54, 1.807) is 6.07 Å². The number of anilines is 5. The predicted octanol–water partition coefficient (Wildman–Crippen LogP) is 10.3. The molecule has 0 saturated heterocycles. The summed E-state index contributed by atoms with van der Waals surface area (Å²) in [6.07, 6.45) is 0.418. The van der Waals surface area contributed by atoms with Gasteiger partial charge in [0, 0.05) is 115 Å². The van der Waals surface area contributed by atoms with E-state index in [1.165, 1.54) is 55.6 Å². The molecule has 36 heteroatoms. The van der Waals surface area contributed by atoms with Crippen molar-refractivity contribution in [2.45, 2.75) is 171 Å². The summed E-state index contributed by atoms with van der Waals surface area (Å²) < 4.78 is 109. The quantitative estimate of drug-likeness (QED) is 0.0197. The summed E-state index contributed by atoms with van der Waals surface area (Å²) in [6, 6.07) is 15.5. The Kier molecular flexibility index (Phi) is 26.7. The molecule has 9 rings (SSSR count). The van der Waals surface area contributed by atoms with E-state index >= 15 is 0 Å². The van der Waals surface area contributed by atoms with Gasteiger partial charge in [0.05, 0.1) is 22.7 Å². The number of aliphatic carboxylic acids is 3. The van der Waals surface area contributed by atoms with Crippen LogP contribution in [-0.2, 0) is 116 Å².